The van der Waals surface area contributed by atoms with Crippen molar-refractivity contribution in [1.82, 2.24) is 19.4 Å². The third-order valence-electron chi connectivity index (χ3n) is 3.36. The molecule has 3 rings (SSSR count). The van der Waals surface area contributed by atoms with Gasteiger partial charge in [0.2, 0.25) is 15.9 Å². The van der Waals surface area contributed by atoms with E-state index < -0.39 is 15.8 Å². The van der Waals surface area contributed by atoms with Gasteiger partial charge in [0.15, 0.2) is 11.4 Å². The zero-order chi connectivity index (χ0) is 17.3. The predicted molar refractivity (Wildman–Crippen MR) is 84.1 cm³/mol. The van der Waals surface area contributed by atoms with Crippen LogP contribution in [-0.4, -0.2) is 29.7 Å². The van der Waals surface area contributed by atoms with Gasteiger partial charge in [-0.25, -0.2) is 17.9 Å². The molecule has 0 saturated carbocycles. The third-order valence-corrected chi connectivity index (χ3v) is 4.82. The highest BCUT2D eigenvalue weighted by atomic mass is 32.2. The van der Waals surface area contributed by atoms with E-state index in [1.54, 1.807) is 6.92 Å². The number of hydrogen-bond donors (Lipinski definition) is 1. The molecule has 0 spiro atoms. The van der Waals surface area contributed by atoms with Gasteiger partial charge in [0.1, 0.15) is 0 Å². The first kappa shape index (κ1) is 16.4. The monoisotopic (exact) mass is 352 g/mol. The van der Waals surface area contributed by atoms with Gasteiger partial charge in [0, 0.05) is 19.5 Å². The molecule has 9 nitrogen and oxygen atoms in total. The Morgan fingerprint density at radius 1 is 1.33 bits per heavy atom. The maximum absolute atomic E-state index is 12.2. The Hall–Kier alpha value is -2.46. The molecule has 10 heteroatoms. The molecular formula is C14H16N4O5S. The lowest BCUT2D eigenvalue weighted by Gasteiger charge is -2.05. The third kappa shape index (κ3) is 3.10. The van der Waals surface area contributed by atoms with Crippen LogP contribution in [0.25, 0.3) is 11.1 Å². The zero-order valence-corrected chi connectivity index (χ0v) is 14.0. The van der Waals surface area contributed by atoms with Crippen LogP contribution in [0.2, 0.25) is 0 Å². The molecular weight excluding hydrogens is 336 g/mol. The normalized spacial score (nSPS) is 12.1. The lowest BCUT2D eigenvalue weighted by Crippen LogP contribution is -2.24. The summed E-state index contributed by atoms with van der Waals surface area (Å²) < 4.78 is 38.1. The molecule has 0 atom stereocenters. The zero-order valence-electron chi connectivity index (χ0n) is 13.1. The van der Waals surface area contributed by atoms with E-state index in [1.165, 1.54) is 22.8 Å². The van der Waals surface area contributed by atoms with Gasteiger partial charge in [-0.05, 0) is 18.6 Å². The topological polar surface area (TPSA) is 120 Å². The van der Waals surface area contributed by atoms with Crippen molar-refractivity contribution in [1.29, 1.82) is 0 Å². The van der Waals surface area contributed by atoms with Gasteiger partial charge in [-0.2, -0.15) is 4.98 Å². The average Bonchev–Trinajstić information content (AvgIpc) is 3.09. The van der Waals surface area contributed by atoms with Gasteiger partial charge in [0.25, 0.3) is 0 Å². The van der Waals surface area contributed by atoms with Crippen LogP contribution in [0.1, 0.15) is 25.1 Å². The van der Waals surface area contributed by atoms with Crippen LogP contribution in [0, 0.1) is 6.92 Å². The smallest absolute Gasteiger partial charge is 0.408 e. The summed E-state index contributed by atoms with van der Waals surface area (Å²) in [5.74, 6) is 0.100. The summed E-state index contributed by atoms with van der Waals surface area (Å²) in [6.07, 6.45) is 0.678. The van der Waals surface area contributed by atoms with Gasteiger partial charge < -0.3 is 8.94 Å². The molecule has 0 aliphatic carbocycles. The Kier molecular flexibility index (Phi) is 4.24. The van der Waals surface area contributed by atoms with E-state index >= 15 is 0 Å². The number of hydrogen-bond acceptors (Lipinski definition) is 7. The van der Waals surface area contributed by atoms with Crippen molar-refractivity contribution in [2.45, 2.75) is 31.7 Å². The molecule has 0 aliphatic heterocycles. The molecule has 24 heavy (non-hydrogen) atoms. The number of benzene rings is 1. The molecule has 2 heterocycles. The minimum absolute atomic E-state index is 0.0414. The minimum atomic E-state index is -3.63. The van der Waals surface area contributed by atoms with Gasteiger partial charge in [0.05, 0.1) is 17.0 Å². The highest BCUT2D eigenvalue weighted by Gasteiger charge is 2.18. The maximum Gasteiger partial charge on any atom is 0.420 e. The highest BCUT2D eigenvalue weighted by Crippen LogP contribution is 2.19. The van der Waals surface area contributed by atoms with Crippen LogP contribution >= 0.6 is 0 Å². The van der Waals surface area contributed by atoms with Crippen molar-refractivity contribution in [2.75, 3.05) is 6.54 Å². The standard InChI is InChI=1S/C14H16N4O5S/c1-3-6-15-24(20,21)10-4-5-11-12(7-10)22-14(19)18(11)8-13-16-9(2)23-17-13/h4-5,7,15H,3,6,8H2,1-2H3. The van der Waals surface area contributed by atoms with E-state index in [0.717, 1.165) is 0 Å². The van der Waals surface area contributed by atoms with Crippen LogP contribution in [0.5, 0.6) is 0 Å². The second kappa shape index (κ2) is 6.21. The number of oxazole rings is 1. The Balaban J connectivity index is 1.99. The summed E-state index contributed by atoms with van der Waals surface area (Å²) in [4.78, 5) is 16.1. The number of fused-ring (bicyclic) bond motifs is 1. The molecule has 0 bridgehead atoms. The molecule has 0 aliphatic rings. The Morgan fingerprint density at radius 2 is 2.12 bits per heavy atom. The van der Waals surface area contributed by atoms with Crippen molar-refractivity contribution in [3.05, 3.63) is 40.5 Å². The molecule has 0 unspecified atom stereocenters. The van der Waals surface area contributed by atoms with Crippen molar-refractivity contribution >= 4 is 21.1 Å². The van der Waals surface area contributed by atoms with E-state index in [0.29, 0.717) is 30.2 Å². The number of sulfonamides is 1. The first-order valence-corrected chi connectivity index (χ1v) is 8.81. The quantitative estimate of drug-likeness (QED) is 0.703. The fourth-order valence-corrected chi connectivity index (χ4v) is 3.38. The second-order valence-corrected chi connectivity index (χ2v) is 6.98. The molecule has 0 saturated heterocycles. The first-order chi connectivity index (χ1) is 11.4. The summed E-state index contributed by atoms with van der Waals surface area (Å²) in [5.41, 5.74) is 0.636. The number of aryl methyl sites for hydroxylation is 1. The van der Waals surface area contributed by atoms with Gasteiger partial charge in [-0.15, -0.1) is 0 Å². The molecule has 1 aromatic carbocycles. The molecule has 3 aromatic rings. The van der Waals surface area contributed by atoms with Crippen molar-refractivity contribution < 1.29 is 17.4 Å². The summed E-state index contributed by atoms with van der Waals surface area (Å²) >= 11 is 0. The van der Waals surface area contributed by atoms with Gasteiger partial charge >= 0.3 is 5.76 Å². The lowest BCUT2D eigenvalue weighted by atomic mass is 10.3. The van der Waals surface area contributed by atoms with Crippen molar-refractivity contribution in [2.24, 2.45) is 0 Å². The Labute approximate surface area is 137 Å². The van der Waals surface area contributed by atoms with E-state index in [9.17, 15) is 13.2 Å². The first-order valence-electron chi connectivity index (χ1n) is 7.33. The van der Waals surface area contributed by atoms with E-state index in [1.807, 2.05) is 6.92 Å². The molecule has 1 N–H and O–H groups in total. The molecule has 128 valence electrons. The number of rotatable bonds is 6. The lowest BCUT2D eigenvalue weighted by molar-refractivity contribution is 0.385. The van der Waals surface area contributed by atoms with Gasteiger partial charge in [-0.1, -0.05) is 12.1 Å². The molecule has 0 amide bonds. The number of nitrogens with one attached hydrogen (secondary N) is 1. The van der Waals surface area contributed by atoms with Crippen LogP contribution in [0.15, 0.2) is 36.8 Å². The van der Waals surface area contributed by atoms with E-state index in [4.69, 9.17) is 8.94 Å². The van der Waals surface area contributed by atoms with E-state index in [2.05, 4.69) is 14.9 Å². The predicted octanol–water partition coefficient (Wildman–Crippen LogP) is 1.02. The van der Waals surface area contributed by atoms with Crippen LogP contribution in [0.4, 0.5) is 0 Å². The molecule has 0 fully saturated rings. The summed E-state index contributed by atoms with van der Waals surface area (Å²) in [6, 6.07) is 4.27. The summed E-state index contributed by atoms with van der Waals surface area (Å²) in [6.45, 7) is 3.92. The van der Waals surface area contributed by atoms with Crippen LogP contribution in [0.3, 0.4) is 0 Å². The van der Waals surface area contributed by atoms with E-state index in [-0.39, 0.29) is 17.0 Å². The fraction of sp³-hybridized carbons (Fsp3) is 0.357. The largest absolute Gasteiger partial charge is 0.420 e. The fourth-order valence-electron chi connectivity index (χ4n) is 2.23. The van der Waals surface area contributed by atoms with Crippen molar-refractivity contribution in [3.63, 3.8) is 0 Å². The second-order valence-electron chi connectivity index (χ2n) is 5.21. The van der Waals surface area contributed by atoms with Crippen LogP contribution in [-0.2, 0) is 16.6 Å². The molecule has 2 aromatic heterocycles. The summed E-state index contributed by atoms with van der Waals surface area (Å²) in [7, 11) is -3.63. The average molecular weight is 352 g/mol. The van der Waals surface area contributed by atoms with Crippen LogP contribution < -0.4 is 10.5 Å². The number of aromatic nitrogens is 3. The highest BCUT2D eigenvalue weighted by molar-refractivity contribution is 7.89. The number of nitrogens with zero attached hydrogens (tertiary/aromatic N) is 3. The summed E-state index contributed by atoms with van der Waals surface area (Å²) in [5, 5.41) is 3.74. The molecule has 0 radical (unpaired) electrons. The Bertz CT molecular complexity index is 1030. The Morgan fingerprint density at radius 3 is 2.79 bits per heavy atom. The minimum Gasteiger partial charge on any atom is -0.408 e. The van der Waals surface area contributed by atoms with Gasteiger partial charge in [-0.3, -0.25) is 4.57 Å². The SMILES string of the molecule is CCCNS(=O)(=O)c1ccc2c(c1)oc(=O)n2Cc1noc(C)n1. The van der Waals surface area contributed by atoms with Crippen molar-refractivity contribution in [3.8, 4) is 0 Å². The maximum atomic E-state index is 12.2.